The molecule has 4 rings (SSSR count). The molecule has 0 saturated carbocycles. The lowest BCUT2D eigenvalue weighted by Crippen LogP contribution is -2.10. The van der Waals surface area contributed by atoms with Gasteiger partial charge >= 0.3 is 0 Å². The summed E-state index contributed by atoms with van der Waals surface area (Å²) in [7, 11) is 0. The first-order valence-corrected chi connectivity index (χ1v) is 10.9. The fraction of sp³-hybridized carbons (Fsp3) is 0.222. The molecule has 0 aliphatic rings. The van der Waals surface area contributed by atoms with Crippen molar-refractivity contribution in [2.75, 3.05) is 5.32 Å². The first-order chi connectivity index (χ1) is 15.9. The number of rotatable bonds is 7. The first kappa shape index (κ1) is 22.4. The summed E-state index contributed by atoms with van der Waals surface area (Å²) in [5, 5.41) is 3.08. The second-order valence-corrected chi connectivity index (χ2v) is 8.86. The van der Waals surface area contributed by atoms with Gasteiger partial charge in [0.2, 0.25) is 11.8 Å². The van der Waals surface area contributed by atoms with E-state index in [2.05, 4.69) is 53.2 Å². The molecule has 0 atom stereocenters. The largest absolute Gasteiger partial charge is 0.439 e. The molecule has 0 spiro atoms. The molecule has 5 nitrogen and oxygen atoms in total. The average molecular weight is 443 g/mol. The molecule has 0 radical (unpaired) electrons. The number of pyridine rings is 1. The van der Waals surface area contributed by atoms with E-state index in [0.29, 0.717) is 36.1 Å². The number of halogens is 1. The standard InChI is InChI=1S/C27H27FN4O/c1-27(2,3)20-10-13-22(14-11-20)33-25-16-12-21(17-29-25)31-26-30-18-23(28)24(32-26)15-9-19-7-5-4-6-8-19/h4-8,10-14,16-18H,9,15H2,1-3H3,(H,30,31,32). The molecule has 33 heavy (non-hydrogen) atoms. The molecule has 2 aromatic carbocycles. The van der Waals surface area contributed by atoms with Crippen molar-refractivity contribution in [3.63, 3.8) is 0 Å². The van der Waals surface area contributed by atoms with Gasteiger partial charge in [-0.2, -0.15) is 0 Å². The van der Waals surface area contributed by atoms with E-state index < -0.39 is 5.82 Å². The third-order valence-electron chi connectivity index (χ3n) is 5.25. The summed E-state index contributed by atoms with van der Waals surface area (Å²) in [5.74, 6) is 1.12. The number of aryl methyl sites for hydroxylation is 2. The number of nitrogens with one attached hydrogen (secondary N) is 1. The lowest BCUT2D eigenvalue weighted by atomic mass is 9.87. The lowest BCUT2D eigenvalue weighted by Gasteiger charge is -2.19. The molecule has 0 fully saturated rings. The Labute approximate surface area is 193 Å². The van der Waals surface area contributed by atoms with Crippen molar-refractivity contribution in [2.45, 2.75) is 39.0 Å². The number of nitrogens with zero attached hydrogens (tertiary/aromatic N) is 3. The molecule has 0 aliphatic heterocycles. The van der Waals surface area contributed by atoms with Crippen LogP contribution >= 0.6 is 0 Å². The van der Waals surface area contributed by atoms with Gasteiger partial charge in [0.05, 0.1) is 23.8 Å². The van der Waals surface area contributed by atoms with Crippen LogP contribution in [0.2, 0.25) is 0 Å². The average Bonchev–Trinajstić information content (AvgIpc) is 2.81. The smallest absolute Gasteiger partial charge is 0.227 e. The van der Waals surface area contributed by atoms with Gasteiger partial charge in [0.25, 0.3) is 0 Å². The Kier molecular flexibility index (Phi) is 6.63. The zero-order valence-electron chi connectivity index (χ0n) is 19.0. The Morgan fingerprint density at radius 3 is 2.27 bits per heavy atom. The van der Waals surface area contributed by atoms with Crippen LogP contribution in [0.15, 0.2) is 79.1 Å². The van der Waals surface area contributed by atoms with E-state index in [1.54, 1.807) is 12.3 Å². The predicted molar refractivity (Wildman–Crippen MR) is 129 cm³/mol. The minimum atomic E-state index is -0.407. The Bertz CT molecular complexity index is 1190. The molecule has 168 valence electrons. The SMILES string of the molecule is CC(C)(C)c1ccc(Oc2ccc(Nc3ncc(F)c(CCc4ccccc4)n3)cn2)cc1. The van der Waals surface area contributed by atoms with Crippen LogP contribution in [0, 0.1) is 5.82 Å². The van der Waals surface area contributed by atoms with Crippen LogP contribution in [0.4, 0.5) is 16.0 Å². The lowest BCUT2D eigenvalue weighted by molar-refractivity contribution is 0.462. The zero-order valence-corrected chi connectivity index (χ0v) is 19.0. The van der Waals surface area contributed by atoms with Gasteiger partial charge in [-0.15, -0.1) is 0 Å². The Morgan fingerprint density at radius 2 is 1.61 bits per heavy atom. The van der Waals surface area contributed by atoms with Crippen LogP contribution in [0.1, 0.15) is 37.6 Å². The van der Waals surface area contributed by atoms with Crippen molar-refractivity contribution in [1.82, 2.24) is 15.0 Å². The van der Waals surface area contributed by atoms with E-state index in [0.717, 1.165) is 11.3 Å². The van der Waals surface area contributed by atoms with E-state index >= 15 is 0 Å². The highest BCUT2D eigenvalue weighted by molar-refractivity contribution is 5.52. The molecule has 2 heterocycles. The third-order valence-corrected chi connectivity index (χ3v) is 5.25. The molecule has 0 unspecified atom stereocenters. The number of aromatic nitrogens is 3. The Balaban J connectivity index is 1.38. The van der Waals surface area contributed by atoms with Gasteiger partial charge in [0.15, 0.2) is 5.82 Å². The van der Waals surface area contributed by atoms with Crippen molar-refractivity contribution >= 4 is 11.6 Å². The maximum Gasteiger partial charge on any atom is 0.227 e. The molecule has 4 aromatic rings. The van der Waals surface area contributed by atoms with Crippen molar-refractivity contribution < 1.29 is 9.13 Å². The maximum absolute atomic E-state index is 14.2. The Hall–Kier alpha value is -3.80. The van der Waals surface area contributed by atoms with Gasteiger partial charge in [0.1, 0.15) is 5.75 Å². The van der Waals surface area contributed by atoms with Crippen molar-refractivity contribution in [1.29, 1.82) is 0 Å². The summed E-state index contributed by atoms with van der Waals surface area (Å²) in [5.41, 5.74) is 3.53. The first-order valence-electron chi connectivity index (χ1n) is 10.9. The van der Waals surface area contributed by atoms with Gasteiger partial charge in [-0.3, -0.25) is 0 Å². The number of ether oxygens (including phenoxy) is 1. The fourth-order valence-corrected chi connectivity index (χ4v) is 3.33. The number of hydrogen-bond donors (Lipinski definition) is 1. The molecule has 6 heteroatoms. The zero-order chi connectivity index (χ0) is 23.3. The van der Waals surface area contributed by atoms with Crippen LogP contribution in [-0.2, 0) is 18.3 Å². The Morgan fingerprint density at radius 1 is 0.848 bits per heavy atom. The van der Waals surface area contributed by atoms with Gasteiger partial charge in [0, 0.05) is 6.07 Å². The van der Waals surface area contributed by atoms with Crippen LogP contribution in [0.5, 0.6) is 11.6 Å². The highest BCUT2D eigenvalue weighted by atomic mass is 19.1. The summed E-state index contributed by atoms with van der Waals surface area (Å²) in [4.78, 5) is 12.7. The van der Waals surface area contributed by atoms with E-state index in [-0.39, 0.29) is 5.41 Å². The van der Waals surface area contributed by atoms with E-state index in [1.807, 2.05) is 48.5 Å². The van der Waals surface area contributed by atoms with E-state index in [1.165, 1.54) is 11.8 Å². The maximum atomic E-state index is 14.2. The summed E-state index contributed by atoms with van der Waals surface area (Å²) in [6.45, 7) is 6.52. The van der Waals surface area contributed by atoms with Gasteiger partial charge in [-0.05, 0) is 47.6 Å². The summed E-state index contributed by atoms with van der Waals surface area (Å²) in [6.07, 6.45) is 4.03. The highest BCUT2D eigenvalue weighted by Crippen LogP contribution is 2.27. The van der Waals surface area contributed by atoms with Crippen LogP contribution < -0.4 is 10.1 Å². The van der Waals surface area contributed by atoms with Gasteiger partial charge in [-0.25, -0.2) is 19.3 Å². The van der Waals surface area contributed by atoms with E-state index in [9.17, 15) is 4.39 Å². The predicted octanol–water partition coefficient (Wildman–Crippen LogP) is 6.63. The third kappa shape index (κ3) is 6.13. The van der Waals surface area contributed by atoms with Crippen LogP contribution in [-0.4, -0.2) is 15.0 Å². The number of anilines is 2. The normalized spacial score (nSPS) is 11.3. The van der Waals surface area contributed by atoms with E-state index in [4.69, 9.17) is 4.74 Å². The van der Waals surface area contributed by atoms with Crippen molar-refractivity contribution in [3.8, 4) is 11.6 Å². The minimum Gasteiger partial charge on any atom is -0.439 e. The van der Waals surface area contributed by atoms with Crippen molar-refractivity contribution in [2.24, 2.45) is 0 Å². The molecule has 0 bridgehead atoms. The highest BCUT2D eigenvalue weighted by Gasteiger charge is 2.13. The summed E-state index contributed by atoms with van der Waals surface area (Å²) >= 11 is 0. The van der Waals surface area contributed by atoms with Crippen LogP contribution in [0.3, 0.4) is 0 Å². The minimum absolute atomic E-state index is 0.0912. The molecular formula is C27H27FN4O. The van der Waals surface area contributed by atoms with Crippen LogP contribution in [0.25, 0.3) is 0 Å². The monoisotopic (exact) mass is 442 g/mol. The fourth-order valence-electron chi connectivity index (χ4n) is 3.33. The summed E-state index contributed by atoms with van der Waals surface area (Å²) in [6, 6.07) is 21.5. The number of hydrogen-bond acceptors (Lipinski definition) is 5. The number of benzene rings is 2. The topological polar surface area (TPSA) is 59.9 Å². The summed E-state index contributed by atoms with van der Waals surface area (Å²) < 4.78 is 20.0. The molecule has 2 aromatic heterocycles. The molecule has 1 N–H and O–H groups in total. The van der Waals surface area contributed by atoms with Crippen molar-refractivity contribution in [3.05, 3.63) is 102 Å². The second-order valence-electron chi connectivity index (χ2n) is 8.86. The molecule has 0 saturated heterocycles. The molecule has 0 amide bonds. The second kappa shape index (κ2) is 9.77. The molecular weight excluding hydrogens is 415 g/mol. The molecule has 0 aliphatic carbocycles. The quantitative estimate of drug-likeness (QED) is 0.348. The van der Waals surface area contributed by atoms with Gasteiger partial charge in [-0.1, -0.05) is 63.2 Å². The van der Waals surface area contributed by atoms with Gasteiger partial charge < -0.3 is 10.1 Å².